The standard InChI is InChI=1S/C9H13N3O4S/c13-3-4-6(14)7(15)8(17-4)11-5-1-2-10-9(16)12-5/h1-2,4,6-8,13-15H,3H2,(H2,10,11,12,16)/t4-,6-,7+,8+/m1/s1. The Labute approximate surface area is 101 Å². The van der Waals surface area contributed by atoms with E-state index in [1.165, 1.54) is 18.0 Å². The van der Waals surface area contributed by atoms with Gasteiger partial charge in [0.15, 0.2) is 0 Å². The first-order valence-electron chi connectivity index (χ1n) is 5.06. The molecular weight excluding hydrogens is 246 g/mol. The van der Waals surface area contributed by atoms with Crippen molar-refractivity contribution in [2.45, 2.75) is 22.8 Å². The predicted molar refractivity (Wildman–Crippen MR) is 62.7 cm³/mol. The highest BCUT2D eigenvalue weighted by molar-refractivity contribution is 8.01. The number of aliphatic hydroxyl groups is 3. The van der Waals surface area contributed by atoms with E-state index in [-0.39, 0.29) is 6.61 Å². The van der Waals surface area contributed by atoms with Gasteiger partial charge < -0.3 is 20.6 Å². The molecule has 94 valence electrons. The molecule has 0 unspecified atom stereocenters. The van der Waals surface area contributed by atoms with Gasteiger partial charge in [-0.25, -0.2) is 9.78 Å². The molecule has 0 spiro atoms. The van der Waals surface area contributed by atoms with Gasteiger partial charge in [-0.3, -0.25) is 4.98 Å². The summed E-state index contributed by atoms with van der Waals surface area (Å²) in [5, 5.41) is 30.3. The highest BCUT2D eigenvalue weighted by Crippen LogP contribution is 2.34. The molecule has 0 aromatic carbocycles. The van der Waals surface area contributed by atoms with Gasteiger partial charge in [-0.05, 0) is 6.07 Å². The zero-order valence-electron chi connectivity index (χ0n) is 8.78. The lowest BCUT2D eigenvalue weighted by Crippen LogP contribution is -2.36. The van der Waals surface area contributed by atoms with Gasteiger partial charge in [-0.1, -0.05) is 0 Å². The second-order valence-corrected chi connectivity index (χ2v) is 5.08. The molecule has 7 nitrogen and oxygen atoms in total. The van der Waals surface area contributed by atoms with E-state index in [1.807, 2.05) is 0 Å². The van der Waals surface area contributed by atoms with E-state index in [4.69, 9.17) is 5.11 Å². The van der Waals surface area contributed by atoms with Gasteiger partial charge in [-0.15, -0.1) is 11.8 Å². The van der Waals surface area contributed by atoms with E-state index in [2.05, 4.69) is 15.3 Å². The van der Waals surface area contributed by atoms with Crippen LogP contribution in [0, 0.1) is 0 Å². The maximum atomic E-state index is 11.0. The van der Waals surface area contributed by atoms with Gasteiger partial charge >= 0.3 is 5.69 Å². The summed E-state index contributed by atoms with van der Waals surface area (Å²) in [7, 11) is 0. The maximum Gasteiger partial charge on any atom is 0.346 e. The molecule has 1 aromatic rings. The molecule has 0 saturated carbocycles. The number of thioether (sulfide) groups is 1. The number of aliphatic hydroxyl groups excluding tert-OH is 3. The van der Waals surface area contributed by atoms with Crippen molar-refractivity contribution in [2.24, 2.45) is 0 Å². The zero-order valence-corrected chi connectivity index (χ0v) is 9.59. The largest absolute Gasteiger partial charge is 0.395 e. The van der Waals surface area contributed by atoms with Crippen LogP contribution in [0.15, 0.2) is 17.1 Å². The Morgan fingerprint density at radius 2 is 2.24 bits per heavy atom. The maximum absolute atomic E-state index is 11.0. The lowest BCUT2D eigenvalue weighted by Gasteiger charge is -2.17. The molecule has 4 atom stereocenters. The van der Waals surface area contributed by atoms with Crippen LogP contribution in [-0.4, -0.2) is 54.7 Å². The fraction of sp³-hybridized carbons (Fsp3) is 0.556. The monoisotopic (exact) mass is 259 g/mol. The number of aromatic amines is 1. The highest BCUT2D eigenvalue weighted by Gasteiger charge is 2.41. The number of rotatable bonds is 3. The molecule has 1 aromatic heterocycles. The smallest absolute Gasteiger partial charge is 0.346 e. The van der Waals surface area contributed by atoms with Crippen molar-refractivity contribution in [1.29, 1.82) is 0 Å². The Morgan fingerprint density at radius 1 is 1.47 bits per heavy atom. The molecule has 2 rings (SSSR count). The summed E-state index contributed by atoms with van der Waals surface area (Å²) in [4.78, 5) is 16.9. The van der Waals surface area contributed by atoms with Crippen LogP contribution in [0.1, 0.15) is 0 Å². The normalized spacial score (nSPS) is 32.6. The minimum absolute atomic E-state index is 0.214. The van der Waals surface area contributed by atoms with E-state index in [0.717, 1.165) is 0 Å². The summed E-state index contributed by atoms with van der Waals surface area (Å²) in [6.07, 6.45) is -0.655. The van der Waals surface area contributed by atoms with Crippen LogP contribution in [0.2, 0.25) is 0 Å². The fourth-order valence-corrected chi connectivity index (χ4v) is 2.93. The Hall–Kier alpha value is -1.09. The predicted octanol–water partition coefficient (Wildman–Crippen LogP) is -1.66. The molecule has 1 aliphatic rings. The Morgan fingerprint density at radius 3 is 2.82 bits per heavy atom. The SMILES string of the molecule is O=c1nccc(N[C@H]2S[C@H](CO)[C@@H](O)[C@@H]2O)[nH]1. The minimum atomic E-state index is -1.01. The molecule has 8 heteroatoms. The molecular formula is C9H13N3O4S. The third-order valence-electron chi connectivity index (χ3n) is 2.51. The van der Waals surface area contributed by atoms with Gasteiger partial charge in [0, 0.05) is 6.20 Å². The van der Waals surface area contributed by atoms with Crippen LogP contribution < -0.4 is 11.0 Å². The van der Waals surface area contributed by atoms with Crippen molar-refractivity contribution in [3.63, 3.8) is 0 Å². The van der Waals surface area contributed by atoms with Crippen molar-refractivity contribution in [3.8, 4) is 0 Å². The van der Waals surface area contributed by atoms with E-state index < -0.39 is 28.5 Å². The highest BCUT2D eigenvalue weighted by atomic mass is 32.2. The number of anilines is 1. The van der Waals surface area contributed by atoms with Crippen LogP contribution >= 0.6 is 11.8 Å². The number of aromatic nitrogens is 2. The fourth-order valence-electron chi connectivity index (χ4n) is 1.62. The third-order valence-corrected chi connectivity index (χ3v) is 3.98. The molecule has 5 N–H and O–H groups in total. The van der Waals surface area contributed by atoms with Crippen LogP contribution in [0.3, 0.4) is 0 Å². The van der Waals surface area contributed by atoms with Crippen LogP contribution in [0.4, 0.5) is 5.82 Å². The second kappa shape index (κ2) is 5.05. The molecule has 0 bridgehead atoms. The molecule has 1 aliphatic heterocycles. The average molecular weight is 259 g/mol. The van der Waals surface area contributed by atoms with E-state index >= 15 is 0 Å². The summed E-state index contributed by atoms with van der Waals surface area (Å²) in [5.41, 5.74) is -0.494. The lowest BCUT2D eigenvalue weighted by atomic mass is 10.1. The summed E-state index contributed by atoms with van der Waals surface area (Å²) in [5.74, 6) is 0.410. The average Bonchev–Trinajstić information content (AvgIpc) is 2.57. The number of H-pyrrole nitrogens is 1. The molecule has 0 aliphatic carbocycles. The Bertz CT molecular complexity index is 440. The van der Waals surface area contributed by atoms with Gasteiger partial charge in [0.25, 0.3) is 0 Å². The molecule has 0 radical (unpaired) electrons. The van der Waals surface area contributed by atoms with Crippen molar-refractivity contribution in [2.75, 3.05) is 11.9 Å². The molecule has 1 fully saturated rings. The summed E-state index contributed by atoms with van der Waals surface area (Å²) < 4.78 is 0. The minimum Gasteiger partial charge on any atom is -0.395 e. The molecule has 17 heavy (non-hydrogen) atoms. The van der Waals surface area contributed by atoms with Crippen LogP contribution in [0.25, 0.3) is 0 Å². The first-order chi connectivity index (χ1) is 8.11. The van der Waals surface area contributed by atoms with Gasteiger partial charge in [0.05, 0.1) is 18.0 Å². The van der Waals surface area contributed by atoms with E-state index in [1.54, 1.807) is 6.07 Å². The van der Waals surface area contributed by atoms with E-state index in [9.17, 15) is 15.0 Å². The van der Waals surface area contributed by atoms with Crippen molar-refractivity contribution >= 4 is 17.6 Å². The number of hydrogen-bond acceptors (Lipinski definition) is 7. The first-order valence-corrected chi connectivity index (χ1v) is 6.00. The summed E-state index contributed by atoms with van der Waals surface area (Å²) in [6, 6.07) is 1.55. The van der Waals surface area contributed by atoms with Gasteiger partial charge in [-0.2, -0.15) is 0 Å². The number of hydrogen-bond donors (Lipinski definition) is 5. The van der Waals surface area contributed by atoms with Crippen molar-refractivity contribution in [1.82, 2.24) is 9.97 Å². The molecule has 2 heterocycles. The van der Waals surface area contributed by atoms with E-state index in [0.29, 0.717) is 5.82 Å². The summed E-state index contributed by atoms with van der Waals surface area (Å²) in [6.45, 7) is -0.214. The first kappa shape index (κ1) is 12.4. The van der Waals surface area contributed by atoms with Crippen molar-refractivity contribution < 1.29 is 15.3 Å². The molecule has 0 amide bonds. The van der Waals surface area contributed by atoms with Crippen molar-refractivity contribution in [3.05, 3.63) is 22.7 Å². The van der Waals surface area contributed by atoms with Crippen LogP contribution in [-0.2, 0) is 0 Å². The number of nitrogens with one attached hydrogen (secondary N) is 2. The second-order valence-electron chi connectivity index (χ2n) is 3.69. The number of nitrogens with zero attached hydrogens (tertiary/aromatic N) is 1. The Kier molecular flexibility index (Phi) is 3.67. The summed E-state index contributed by atoms with van der Waals surface area (Å²) >= 11 is 1.22. The van der Waals surface area contributed by atoms with Crippen LogP contribution in [0.5, 0.6) is 0 Å². The van der Waals surface area contributed by atoms with Gasteiger partial charge in [0.2, 0.25) is 0 Å². The molecule has 1 saturated heterocycles. The van der Waals surface area contributed by atoms with Gasteiger partial charge in [0.1, 0.15) is 17.3 Å². The Balaban J connectivity index is 2.07. The third kappa shape index (κ3) is 2.60. The topological polar surface area (TPSA) is 118 Å². The quantitative estimate of drug-likeness (QED) is 0.441. The zero-order chi connectivity index (χ0) is 12.4. The lowest BCUT2D eigenvalue weighted by molar-refractivity contribution is 0.0231.